The molecule has 0 spiro atoms. The summed E-state index contributed by atoms with van der Waals surface area (Å²) in [6, 6.07) is 11.0. The fourth-order valence-electron chi connectivity index (χ4n) is 3.68. The first-order chi connectivity index (χ1) is 13.7. The van der Waals surface area contributed by atoms with Crippen molar-refractivity contribution in [2.24, 2.45) is 4.99 Å². The molecule has 0 aliphatic heterocycles. The maximum atomic E-state index is 9.68. The van der Waals surface area contributed by atoms with Crippen molar-refractivity contribution >= 4 is 5.96 Å². The number of aliphatic imine (C=N–C) groups is 1. The van der Waals surface area contributed by atoms with Gasteiger partial charge >= 0.3 is 0 Å². The van der Waals surface area contributed by atoms with Crippen molar-refractivity contribution in [3.63, 3.8) is 0 Å². The van der Waals surface area contributed by atoms with E-state index >= 15 is 0 Å². The Morgan fingerprint density at radius 3 is 2.75 bits per heavy atom. The van der Waals surface area contributed by atoms with Gasteiger partial charge < -0.3 is 20.3 Å². The number of nitrogens with one attached hydrogen (secondary N) is 2. The number of rotatable bonds is 8. The Hall–Kier alpha value is -2.34. The highest BCUT2D eigenvalue weighted by atomic mass is 16.3. The van der Waals surface area contributed by atoms with Crippen molar-refractivity contribution in [3.8, 4) is 0 Å². The third-order valence-electron chi connectivity index (χ3n) is 5.27. The van der Waals surface area contributed by atoms with E-state index in [2.05, 4.69) is 57.4 Å². The zero-order valence-electron chi connectivity index (χ0n) is 16.8. The molecule has 1 aliphatic carbocycles. The minimum atomic E-state index is -0.138. The molecule has 3 N–H and O–H groups in total. The van der Waals surface area contributed by atoms with Crippen LogP contribution in [0, 0.1) is 0 Å². The smallest absolute Gasteiger partial charge is 0.191 e. The van der Waals surface area contributed by atoms with E-state index in [0.717, 1.165) is 63.4 Å². The number of aliphatic hydroxyl groups excluding tert-OH is 1. The molecule has 1 fully saturated rings. The maximum Gasteiger partial charge on any atom is 0.191 e. The topological polar surface area (TPSA) is 74.5 Å². The molecule has 3 rings (SSSR count). The monoisotopic (exact) mass is 383 g/mol. The second-order valence-electron chi connectivity index (χ2n) is 7.47. The second kappa shape index (κ2) is 10.9. The Labute approximate surface area is 168 Å². The van der Waals surface area contributed by atoms with Crippen LogP contribution in [0.1, 0.15) is 50.4 Å². The molecule has 0 saturated heterocycles. The van der Waals surface area contributed by atoms with E-state index in [1.807, 2.05) is 12.4 Å². The number of benzene rings is 1. The molecular formula is C22H33N5O. The highest BCUT2D eigenvalue weighted by Gasteiger charge is 2.20. The van der Waals surface area contributed by atoms with Gasteiger partial charge in [-0.25, -0.2) is 9.98 Å². The van der Waals surface area contributed by atoms with Gasteiger partial charge in [-0.15, -0.1) is 0 Å². The van der Waals surface area contributed by atoms with Crippen LogP contribution in [0.3, 0.4) is 0 Å². The van der Waals surface area contributed by atoms with E-state index in [4.69, 9.17) is 4.99 Å². The first kappa shape index (κ1) is 20.4. The molecule has 0 atom stereocenters. The van der Waals surface area contributed by atoms with Crippen molar-refractivity contribution in [1.29, 1.82) is 0 Å². The normalized spacial score (nSPS) is 20.1. The average Bonchev–Trinajstić information content (AvgIpc) is 3.16. The van der Waals surface area contributed by atoms with Crippen LogP contribution in [0.25, 0.3) is 0 Å². The first-order valence-corrected chi connectivity index (χ1v) is 10.5. The Bertz CT molecular complexity index is 720. The fraction of sp³-hybridized carbons (Fsp3) is 0.545. The van der Waals surface area contributed by atoms with Gasteiger partial charge in [0.2, 0.25) is 0 Å². The Morgan fingerprint density at radius 1 is 1.21 bits per heavy atom. The van der Waals surface area contributed by atoms with Crippen LogP contribution in [0.15, 0.2) is 47.7 Å². The van der Waals surface area contributed by atoms with Crippen LogP contribution in [-0.4, -0.2) is 39.3 Å². The molecule has 6 heteroatoms. The SMILES string of the molecule is CCNC(=NCc1nccn1CCCc1ccccc1)NC1CCC(O)CC1. The molecule has 0 radical (unpaired) electrons. The molecule has 1 aromatic heterocycles. The van der Waals surface area contributed by atoms with Crippen LogP contribution >= 0.6 is 0 Å². The third-order valence-corrected chi connectivity index (χ3v) is 5.27. The number of imidazole rings is 1. The number of aromatic nitrogens is 2. The lowest BCUT2D eigenvalue weighted by Crippen LogP contribution is -2.45. The van der Waals surface area contributed by atoms with Crippen molar-refractivity contribution in [2.75, 3.05) is 6.54 Å². The third kappa shape index (κ3) is 6.37. The predicted octanol–water partition coefficient (Wildman–Crippen LogP) is 2.87. The van der Waals surface area contributed by atoms with Crippen LogP contribution in [-0.2, 0) is 19.5 Å². The predicted molar refractivity (Wildman–Crippen MR) is 113 cm³/mol. The summed E-state index contributed by atoms with van der Waals surface area (Å²) in [6.45, 7) is 4.41. The van der Waals surface area contributed by atoms with E-state index in [0.29, 0.717) is 12.6 Å². The van der Waals surface area contributed by atoms with Crippen molar-refractivity contribution < 1.29 is 5.11 Å². The lowest BCUT2D eigenvalue weighted by molar-refractivity contribution is 0.120. The Balaban J connectivity index is 1.52. The summed E-state index contributed by atoms with van der Waals surface area (Å²) < 4.78 is 2.20. The van der Waals surface area contributed by atoms with Gasteiger partial charge in [0.05, 0.1) is 6.10 Å². The molecule has 2 aromatic rings. The zero-order valence-corrected chi connectivity index (χ0v) is 16.8. The lowest BCUT2D eigenvalue weighted by Gasteiger charge is -2.27. The molecule has 1 heterocycles. The number of nitrogens with zero attached hydrogens (tertiary/aromatic N) is 3. The van der Waals surface area contributed by atoms with Crippen LogP contribution in [0.2, 0.25) is 0 Å². The molecular weight excluding hydrogens is 350 g/mol. The van der Waals surface area contributed by atoms with E-state index in [1.54, 1.807) is 0 Å². The Morgan fingerprint density at radius 2 is 2.00 bits per heavy atom. The quantitative estimate of drug-likeness (QED) is 0.484. The molecule has 1 aliphatic rings. The van der Waals surface area contributed by atoms with Gasteiger partial charge in [-0.1, -0.05) is 30.3 Å². The van der Waals surface area contributed by atoms with Crippen LogP contribution < -0.4 is 10.6 Å². The van der Waals surface area contributed by atoms with Gasteiger partial charge in [0.25, 0.3) is 0 Å². The van der Waals surface area contributed by atoms with Crippen molar-refractivity contribution in [2.45, 2.75) is 70.7 Å². The van der Waals surface area contributed by atoms with E-state index in [1.165, 1.54) is 5.56 Å². The first-order valence-electron chi connectivity index (χ1n) is 10.5. The highest BCUT2D eigenvalue weighted by molar-refractivity contribution is 5.80. The van der Waals surface area contributed by atoms with Gasteiger partial charge in [0.1, 0.15) is 12.4 Å². The zero-order chi connectivity index (χ0) is 19.6. The average molecular weight is 384 g/mol. The summed E-state index contributed by atoms with van der Waals surface area (Å²) in [5.74, 6) is 1.83. The van der Waals surface area contributed by atoms with Crippen LogP contribution in [0.4, 0.5) is 0 Å². The van der Waals surface area contributed by atoms with Crippen molar-refractivity contribution in [1.82, 2.24) is 20.2 Å². The lowest BCUT2D eigenvalue weighted by atomic mass is 9.93. The molecule has 1 aromatic carbocycles. The highest BCUT2D eigenvalue weighted by Crippen LogP contribution is 2.18. The second-order valence-corrected chi connectivity index (χ2v) is 7.47. The molecule has 0 amide bonds. The van der Waals surface area contributed by atoms with Gasteiger partial charge in [-0.2, -0.15) is 0 Å². The van der Waals surface area contributed by atoms with Crippen LogP contribution in [0.5, 0.6) is 0 Å². The molecule has 1 saturated carbocycles. The molecule has 6 nitrogen and oxygen atoms in total. The van der Waals surface area contributed by atoms with E-state index in [-0.39, 0.29) is 6.10 Å². The summed E-state index contributed by atoms with van der Waals surface area (Å²) in [5.41, 5.74) is 1.37. The number of aryl methyl sites for hydroxylation is 2. The number of hydrogen-bond acceptors (Lipinski definition) is 3. The summed E-state index contributed by atoms with van der Waals surface area (Å²) >= 11 is 0. The van der Waals surface area contributed by atoms with Gasteiger partial charge in [-0.05, 0) is 51.0 Å². The molecule has 152 valence electrons. The summed E-state index contributed by atoms with van der Waals surface area (Å²) in [6.07, 6.45) is 9.61. The standard InChI is InChI=1S/C22H33N5O/c1-2-23-22(26-19-10-12-20(28)13-11-19)25-17-21-24-14-16-27(21)15-6-9-18-7-4-3-5-8-18/h3-5,7-8,14,16,19-20,28H,2,6,9-13,15,17H2,1H3,(H2,23,25,26). The summed E-state index contributed by atoms with van der Waals surface area (Å²) in [7, 11) is 0. The minimum Gasteiger partial charge on any atom is -0.393 e. The number of guanidine groups is 1. The van der Waals surface area contributed by atoms with Crippen molar-refractivity contribution in [3.05, 3.63) is 54.1 Å². The summed E-state index contributed by atoms with van der Waals surface area (Å²) in [4.78, 5) is 9.24. The van der Waals surface area contributed by atoms with Gasteiger partial charge in [-0.3, -0.25) is 0 Å². The minimum absolute atomic E-state index is 0.138. The summed E-state index contributed by atoms with van der Waals surface area (Å²) in [5, 5.41) is 16.5. The number of aliphatic hydroxyl groups is 1. The maximum absolute atomic E-state index is 9.68. The molecule has 0 bridgehead atoms. The fourth-order valence-corrected chi connectivity index (χ4v) is 3.68. The van der Waals surface area contributed by atoms with Gasteiger partial charge in [0, 0.05) is 31.5 Å². The van der Waals surface area contributed by atoms with E-state index < -0.39 is 0 Å². The Kier molecular flexibility index (Phi) is 7.91. The molecule has 0 unspecified atom stereocenters. The largest absolute Gasteiger partial charge is 0.393 e. The molecule has 28 heavy (non-hydrogen) atoms. The van der Waals surface area contributed by atoms with E-state index in [9.17, 15) is 5.11 Å². The van der Waals surface area contributed by atoms with Gasteiger partial charge in [0.15, 0.2) is 5.96 Å². The number of hydrogen-bond donors (Lipinski definition) is 3.